The second-order valence-electron chi connectivity index (χ2n) is 11.9. The molecular formula is C40H35FN2O8. The van der Waals surface area contributed by atoms with Crippen LogP contribution in [0.2, 0.25) is 0 Å². The quantitative estimate of drug-likeness (QED) is 0.0656. The van der Waals surface area contributed by atoms with E-state index in [1.54, 1.807) is 60.7 Å². The van der Waals surface area contributed by atoms with Gasteiger partial charge in [-0.15, -0.1) is 0 Å². The zero-order valence-corrected chi connectivity index (χ0v) is 27.8. The molecule has 2 aliphatic rings. The van der Waals surface area contributed by atoms with Crippen LogP contribution in [0.4, 0.5) is 4.39 Å². The minimum atomic E-state index is -0.461. The number of unbranched alkanes of at least 4 members (excludes halogenated alkanes) is 4. The molecule has 5 rings (SSSR count). The lowest BCUT2D eigenvalue weighted by Gasteiger charge is -2.13. The Morgan fingerprint density at radius 2 is 0.980 bits per heavy atom. The molecule has 2 aliphatic heterocycles. The van der Waals surface area contributed by atoms with Crippen LogP contribution in [0.25, 0.3) is 11.1 Å². The number of amides is 4. The van der Waals surface area contributed by atoms with Gasteiger partial charge in [-0.1, -0.05) is 42.9 Å². The van der Waals surface area contributed by atoms with E-state index in [2.05, 4.69) is 11.8 Å². The summed E-state index contributed by atoms with van der Waals surface area (Å²) >= 11 is 0. The predicted molar refractivity (Wildman–Crippen MR) is 184 cm³/mol. The highest BCUT2D eigenvalue weighted by Crippen LogP contribution is 2.26. The minimum Gasteiger partial charge on any atom is -0.427 e. The molecule has 0 saturated carbocycles. The van der Waals surface area contributed by atoms with Crippen LogP contribution < -0.4 is 9.47 Å². The first-order valence-electron chi connectivity index (χ1n) is 16.7. The molecular weight excluding hydrogens is 655 g/mol. The summed E-state index contributed by atoms with van der Waals surface area (Å²) < 4.78 is 25.8. The summed E-state index contributed by atoms with van der Waals surface area (Å²) in [5.41, 5.74) is 2.09. The van der Waals surface area contributed by atoms with Crippen molar-refractivity contribution in [2.45, 2.75) is 51.4 Å². The number of imide groups is 2. The summed E-state index contributed by atoms with van der Waals surface area (Å²) in [6.07, 6.45) is 9.05. The maximum absolute atomic E-state index is 15.0. The highest BCUT2D eigenvalue weighted by molar-refractivity contribution is 6.13. The first-order chi connectivity index (χ1) is 24.7. The third-order valence-electron chi connectivity index (χ3n) is 8.13. The monoisotopic (exact) mass is 690 g/mol. The van der Waals surface area contributed by atoms with Crippen LogP contribution in [0.3, 0.4) is 0 Å². The first kappa shape index (κ1) is 36.1. The van der Waals surface area contributed by atoms with E-state index in [0.717, 1.165) is 0 Å². The number of nitrogens with zero attached hydrogens (tertiary/aromatic N) is 2. The van der Waals surface area contributed by atoms with E-state index < -0.39 is 11.8 Å². The number of hydrogen-bond acceptors (Lipinski definition) is 8. The molecule has 0 aromatic heterocycles. The van der Waals surface area contributed by atoms with Crippen molar-refractivity contribution in [1.29, 1.82) is 0 Å². The standard InChI is InChI=1S/C40H35FN2O8/c41-34-27-29(10-9-28-11-16-31(17-12-28)50-39(48)7-3-1-5-25-42-35(44)21-22-36(42)45)13-20-33(34)30-14-18-32(19-15-30)51-40(49)8-4-2-6-26-43-37(46)23-24-38(43)47/h11-24,27H,1-8,25-26H2. The summed E-state index contributed by atoms with van der Waals surface area (Å²) in [4.78, 5) is 73.1. The smallest absolute Gasteiger partial charge is 0.311 e. The maximum atomic E-state index is 15.0. The van der Waals surface area contributed by atoms with Gasteiger partial charge >= 0.3 is 11.9 Å². The molecule has 0 N–H and O–H groups in total. The molecule has 0 radical (unpaired) electrons. The molecule has 0 saturated heterocycles. The zero-order chi connectivity index (χ0) is 36.2. The Bertz CT molecular complexity index is 1900. The SMILES string of the molecule is O=C(CCCCCN1C(=O)C=CC1=O)Oc1ccc(C#Cc2ccc(-c3ccc(OC(=O)CCCCCN4C(=O)C=CC4=O)cc3)c(F)c2)cc1. The summed E-state index contributed by atoms with van der Waals surface area (Å²) in [5, 5.41) is 0. The van der Waals surface area contributed by atoms with Crippen LogP contribution in [0, 0.1) is 17.7 Å². The van der Waals surface area contributed by atoms with Crippen molar-refractivity contribution in [3.63, 3.8) is 0 Å². The average molecular weight is 691 g/mol. The number of hydrogen-bond donors (Lipinski definition) is 0. The van der Waals surface area contributed by atoms with Crippen molar-refractivity contribution in [2.75, 3.05) is 13.1 Å². The van der Waals surface area contributed by atoms with Gasteiger partial charge in [-0.25, -0.2) is 4.39 Å². The van der Waals surface area contributed by atoms with Crippen molar-refractivity contribution in [2.24, 2.45) is 0 Å². The van der Waals surface area contributed by atoms with Crippen LogP contribution in [0.1, 0.15) is 62.5 Å². The third-order valence-corrected chi connectivity index (χ3v) is 8.13. The molecule has 260 valence electrons. The molecule has 0 aliphatic carbocycles. The number of benzene rings is 3. The summed E-state index contributed by atoms with van der Waals surface area (Å²) in [7, 11) is 0. The second-order valence-corrected chi connectivity index (χ2v) is 11.9. The molecule has 0 unspecified atom stereocenters. The molecule has 51 heavy (non-hydrogen) atoms. The Morgan fingerprint density at radius 1 is 0.549 bits per heavy atom. The third kappa shape index (κ3) is 10.4. The number of esters is 2. The first-order valence-corrected chi connectivity index (χ1v) is 16.7. The van der Waals surface area contributed by atoms with E-state index in [1.807, 2.05) is 0 Å². The summed E-state index contributed by atoms with van der Waals surface area (Å²) in [6.45, 7) is 0.645. The van der Waals surface area contributed by atoms with Gasteiger partial charge in [0.05, 0.1) is 0 Å². The van der Waals surface area contributed by atoms with Gasteiger partial charge in [0.15, 0.2) is 0 Å². The normalized spacial score (nSPS) is 13.5. The van der Waals surface area contributed by atoms with E-state index in [0.29, 0.717) is 85.4 Å². The number of ether oxygens (including phenoxy) is 2. The fourth-order valence-electron chi connectivity index (χ4n) is 5.38. The molecule has 0 fully saturated rings. The highest BCUT2D eigenvalue weighted by Gasteiger charge is 2.23. The van der Waals surface area contributed by atoms with E-state index in [1.165, 1.54) is 40.2 Å². The number of carbonyl (C=O) groups excluding carboxylic acids is 6. The van der Waals surface area contributed by atoms with Gasteiger partial charge in [0.1, 0.15) is 17.3 Å². The van der Waals surface area contributed by atoms with Crippen LogP contribution in [-0.2, 0) is 28.8 Å². The van der Waals surface area contributed by atoms with Gasteiger partial charge in [0, 0.05) is 66.9 Å². The molecule has 2 heterocycles. The molecule has 3 aromatic rings. The van der Waals surface area contributed by atoms with Crippen LogP contribution in [0.5, 0.6) is 11.5 Å². The molecule has 0 atom stereocenters. The van der Waals surface area contributed by atoms with Crippen LogP contribution in [0.15, 0.2) is 91.0 Å². The fourth-order valence-corrected chi connectivity index (χ4v) is 5.38. The van der Waals surface area contributed by atoms with Crippen LogP contribution in [-0.4, -0.2) is 58.5 Å². The van der Waals surface area contributed by atoms with E-state index >= 15 is 4.39 Å². The topological polar surface area (TPSA) is 127 Å². The van der Waals surface area contributed by atoms with E-state index in [4.69, 9.17) is 9.47 Å². The number of halogens is 1. The van der Waals surface area contributed by atoms with Crippen molar-refractivity contribution >= 4 is 35.6 Å². The van der Waals surface area contributed by atoms with Crippen molar-refractivity contribution in [1.82, 2.24) is 9.80 Å². The maximum Gasteiger partial charge on any atom is 0.311 e. The Morgan fingerprint density at radius 3 is 1.45 bits per heavy atom. The van der Waals surface area contributed by atoms with E-state index in [-0.39, 0.29) is 42.4 Å². The molecule has 0 bridgehead atoms. The highest BCUT2D eigenvalue weighted by atomic mass is 19.1. The molecule has 4 amide bonds. The lowest BCUT2D eigenvalue weighted by molar-refractivity contribution is -0.138. The van der Waals surface area contributed by atoms with Crippen molar-refractivity contribution < 1.29 is 42.6 Å². The molecule has 10 nitrogen and oxygen atoms in total. The number of carbonyl (C=O) groups is 6. The fraction of sp³-hybridized carbons (Fsp3) is 0.250. The lowest BCUT2D eigenvalue weighted by Crippen LogP contribution is -2.30. The summed E-state index contributed by atoms with van der Waals surface area (Å²) in [6, 6.07) is 17.9. The summed E-state index contributed by atoms with van der Waals surface area (Å²) in [5.74, 6) is 4.13. The Kier molecular flexibility index (Phi) is 12.4. The number of rotatable bonds is 15. The van der Waals surface area contributed by atoms with E-state index in [9.17, 15) is 28.8 Å². The Labute approximate surface area is 294 Å². The average Bonchev–Trinajstić information content (AvgIpc) is 3.62. The van der Waals surface area contributed by atoms with Gasteiger partial charge in [-0.2, -0.15) is 0 Å². The van der Waals surface area contributed by atoms with Crippen molar-refractivity contribution in [3.8, 4) is 34.5 Å². The van der Waals surface area contributed by atoms with Gasteiger partial charge < -0.3 is 9.47 Å². The Hall–Kier alpha value is -6.15. The lowest BCUT2D eigenvalue weighted by atomic mass is 10.0. The van der Waals surface area contributed by atoms with Crippen LogP contribution >= 0.6 is 0 Å². The van der Waals surface area contributed by atoms with Gasteiger partial charge in [0.2, 0.25) is 0 Å². The van der Waals surface area contributed by atoms with Gasteiger partial charge in [-0.3, -0.25) is 38.6 Å². The van der Waals surface area contributed by atoms with Gasteiger partial charge in [0.25, 0.3) is 23.6 Å². The Balaban J connectivity index is 1.02. The largest absolute Gasteiger partial charge is 0.427 e. The molecule has 0 spiro atoms. The predicted octanol–water partition coefficient (Wildman–Crippen LogP) is 5.67. The molecule has 3 aromatic carbocycles. The zero-order valence-electron chi connectivity index (χ0n) is 27.8. The van der Waals surface area contributed by atoms with Crippen molar-refractivity contribution in [3.05, 3.63) is 108 Å². The second kappa shape index (κ2) is 17.5. The minimum absolute atomic E-state index is 0.187. The molecule has 11 heteroatoms. The van der Waals surface area contributed by atoms with Gasteiger partial charge in [-0.05, 0) is 79.8 Å².